The second-order valence-corrected chi connectivity index (χ2v) is 13.1. The molecule has 0 aliphatic heterocycles. The Morgan fingerprint density at radius 2 is 0.872 bits per heavy atom. The lowest BCUT2D eigenvalue weighted by atomic mass is 9.79. The van der Waals surface area contributed by atoms with Gasteiger partial charge in [-0.05, 0) is 86.2 Å². The van der Waals surface area contributed by atoms with Crippen LogP contribution in [-0.2, 0) is 11.8 Å². The first kappa shape index (κ1) is 30.2. The molecule has 0 nitrogen and oxygen atoms in total. The smallest absolute Gasteiger partial charge is 0.0161 e. The zero-order chi connectivity index (χ0) is 32.2. The van der Waals surface area contributed by atoms with Gasteiger partial charge >= 0.3 is 0 Å². The second-order valence-electron chi connectivity index (χ2n) is 13.1. The Balaban J connectivity index is 0.000000161. The van der Waals surface area contributed by atoms with Crippen molar-refractivity contribution in [2.45, 2.75) is 32.6 Å². The predicted molar refractivity (Wildman–Crippen MR) is 201 cm³/mol. The number of hydrogen-bond acceptors (Lipinski definition) is 0. The zero-order valence-corrected chi connectivity index (χ0v) is 27.5. The second kappa shape index (κ2) is 13.1. The molecular formula is C47H40. The van der Waals surface area contributed by atoms with Crippen LogP contribution >= 0.6 is 0 Å². The van der Waals surface area contributed by atoms with Gasteiger partial charge in [0.1, 0.15) is 0 Å². The van der Waals surface area contributed by atoms with Crippen molar-refractivity contribution in [2.75, 3.05) is 0 Å². The lowest BCUT2D eigenvalue weighted by molar-refractivity contribution is 0.653. The molecule has 0 atom stereocenters. The summed E-state index contributed by atoms with van der Waals surface area (Å²) in [5, 5.41) is 0. The normalized spacial score (nSPS) is 12.4. The summed E-state index contributed by atoms with van der Waals surface area (Å²) in [4.78, 5) is 0. The first-order chi connectivity index (χ1) is 23.0. The molecule has 228 valence electrons. The summed E-state index contributed by atoms with van der Waals surface area (Å²) in [5.41, 5.74) is 17.5. The van der Waals surface area contributed by atoms with Gasteiger partial charge < -0.3 is 0 Å². The lowest BCUT2D eigenvalue weighted by Gasteiger charge is -2.24. The van der Waals surface area contributed by atoms with Crippen LogP contribution < -0.4 is 0 Å². The monoisotopic (exact) mass is 604 g/mol. The van der Waals surface area contributed by atoms with Gasteiger partial charge in [-0.1, -0.05) is 189 Å². The summed E-state index contributed by atoms with van der Waals surface area (Å²) in [6, 6.07) is 63.1. The van der Waals surface area contributed by atoms with Gasteiger partial charge in [-0.2, -0.15) is 0 Å². The standard InChI is InChI=1S/C28H24.C19H16/c1-28(2)26-14-7-6-12-24(26)25-13-8-11-23(27(25)28)19-20-15-17-22(18-16-20)21-9-4-3-5-10-21;1-15-10-12-17(13-11-15)19-9-5-8-18(14-19)16-6-3-2-4-7-16/h3-18H,19H2,1-2H3;2-14H,1H3. The Morgan fingerprint density at radius 1 is 0.404 bits per heavy atom. The summed E-state index contributed by atoms with van der Waals surface area (Å²) in [5.74, 6) is 0. The van der Waals surface area contributed by atoms with E-state index in [2.05, 4.69) is 191 Å². The average Bonchev–Trinajstić information content (AvgIpc) is 3.37. The van der Waals surface area contributed by atoms with E-state index < -0.39 is 0 Å². The van der Waals surface area contributed by atoms with Crippen molar-refractivity contribution in [1.82, 2.24) is 0 Å². The Kier molecular flexibility index (Phi) is 8.42. The van der Waals surface area contributed by atoms with Crippen LogP contribution in [0.3, 0.4) is 0 Å². The molecule has 0 aromatic heterocycles. The van der Waals surface area contributed by atoms with Gasteiger partial charge in [0.25, 0.3) is 0 Å². The third kappa shape index (κ3) is 6.33. The molecule has 7 aromatic rings. The van der Waals surface area contributed by atoms with Crippen molar-refractivity contribution in [3.05, 3.63) is 204 Å². The molecule has 0 spiro atoms. The molecule has 0 saturated heterocycles. The van der Waals surface area contributed by atoms with Crippen molar-refractivity contribution in [2.24, 2.45) is 0 Å². The van der Waals surface area contributed by atoms with E-state index in [1.165, 1.54) is 72.3 Å². The van der Waals surface area contributed by atoms with Crippen molar-refractivity contribution in [3.8, 4) is 44.5 Å². The van der Waals surface area contributed by atoms with E-state index in [4.69, 9.17) is 0 Å². The molecule has 7 aromatic carbocycles. The maximum absolute atomic E-state index is 2.36. The SMILES string of the molecule is CC1(C)c2ccccc2-c2cccc(Cc3ccc(-c4ccccc4)cc3)c21.Cc1ccc(-c2cccc(-c3ccccc3)c2)cc1. The third-order valence-electron chi connectivity index (χ3n) is 9.48. The highest BCUT2D eigenvalue weighted by atomic mass is 14.4. The predicted octanol–water partition coefficient (Wildman–Crippen LogP) is 12.6. The third-order valence-corrected chi connectivity index (χ3v) is 9.48. The fraction of sp³-hybridized carbons (Fsp3) is 0.106. The summed E-state index contributed by atoms with van der Waals surface area (Å²) in [6.07, 6.45) is 0.968. The maximum atomic E-state index is 2.36. The first-order valence-electron chi connectivity index (χ1n) is 16.6. The van der Waals surface area contributed by atoms with Gasteiger partial charge in [-0.25, -0.2) is 0 Å². The molecular weight excluding hydrogens is 565 g/mol. The number of hydrogen-bond donors (Lipinski definition) is 0. The highest BCUT2D eigenvalue weighted by molar-refractivity contribution is 5.82. The molecule has 0 N–H and O–H groups in total. The fourth-order valence-corrected chi connectivity index (χ4v) is 7.03. The highest BCUT2D eigenvalue weighted by Gasteiger charge is 2.36. The van der Waals surface area contributed by atoms with E-state index in [1.54, 1.807) is 0 Å². The van der Waals surface area contributed by atoms with Gasteiger partial charge in [-0.3, -0.25) is 0 Å². The molecule has 0 fully saturated rings. The Bertz CT molecular complexity index is 2100. The van der Waals surface area contributed by atoms with E-state index in [-0.39, 0.29) is 5.41 Å². The maximum Gasteiger partial charge on any atom is 0.0161 e. The van der Waals surface area contributed by atoms with Crippen molar-refractivity contribution in [3.63, 3.8) is 0 Å². The molecule has 0 bridgehead atoms. The topological polar surface area (TPSA) is 0 Å². The number of benzene rings is 7. The molecule has 0 unspecified atom stereocenters. The molecule has 0 amide bonds. The quantitative estimate of drug-likeness (QED) is 0.183. The van der Waals surface area contributed by atoms with E-state index in [1.807, 2.05) is 6.07 Å². The summed E-state index contributed by atoms with van der Waals surface area (Å²) in [7, 11) is 0. The van der Waals surface area contributed by atoms with Crippen molar-refractivity contribution >= 4 is 0 Å². The van der Waals surface area contributed by atoms with Crippen LogP contribution in [0.4, 0.5) is 0 Å². The summed E-state index contributed by atoms with van der Waals surface area (Å²) >= 11 is 0. The molecule has 0 saturated carbocycles. The van der Waals surface area contributed by atoms with Crippen LogP contribution in [0.1, 0.15) is 41.7 Å². The van der Waals surface area contributed by atoms with E-state index in [9.17, 15) is 0 Å². The molecule has 1 aliphatic rings. The van der Waals surface area contributed by atoms with Crippen molar-refractivity contribution < 1.29 is 0 Å². The summed E-state index contributed by atoms with van der Waals surface area (Å²) in [6.45, 7) is 6.84. The molecule has 47 heavy (non-hydrogen) atoms. The van der Waals surface area contributed by atoms with E-state index in [0.29, 0.717) is 0 Å². The number of rotatable bonds is 5. The van der Waals surface area contributed by atoms with Crippen LogP contribution in [0.25, 0.3) is 44.5 Å². The lowest BCUT2D eigenvalue weighted by Crippen LogP contribution is -2.17. The fourth-order valence-electron chi connectivity index (χ4n) is 7.03. The Labute approximate surface area is 280 Å². The van der Waals surface area contributed by atoms with Crippen molar-refractivity contribution in [1.29, 1.82) is 0 Å². The van der Waals surface area contributed by atoms with Gasteiger partial charge in [0.05, 0.1) is 0 Å². The molecule has 1 aliphatic carbocycles. The summed E-state index contributed by atoms with van der Waals surface area (Å²) < 4.78 is 0. The minimum absolute atomic E-state index is 0.0481. The van der Waals surface area contributed by atoms with Gasteiger partial charge in [0.15, 0.2) is 0 Å². The number of fused-ring (bicyclic) bond motifs is 3. The minimum Gasteiger partial charge on any atom is -0.0622 e. The largest absolute Gasteiger partial charge is 0.0622 e. The van der Waals surface area contributed by atoms with Gasteiger partial charge in [-0.15, -0.1) is 0 Å². The minimum atomic E-state index is 0.0481. The van der Waals surface area contributed by atoms with E-state index >= 15 is 0 Å². The highest BCUT2D eigenvalue weighted by Crippen LogP contribution is 2.50. The van der Waals surface area contributed by atoms with Gasteiger partial charge in [0, 0.05) is 5.41 Å². The van der Waals surface area contributed by atoms with Crippen LogP contribution in [0.2, 0.25) is 0 Å². The van der Waals surface area contributed by atoms with Crippen LogP contribution in [0.15, 0.2) is 176 Å². The van der Waals surface area contributed by atoms with Gasteiger partial charge in [0.2, 0.25) is 0 Å². The molecule has 0 radical (unpaired) electrons. The van der Waals surface area contributed by atoms with E-state index in [0.717, 1.165) is 6.42 Å². The van der Waals surface area contributed by atoms with Crippen LogP contribution in [0.5, 0.6) is 0 Å². The molecule has 0 heteroatoms. The Morgan fingerprint density at radius 3 is 1.53 bits per heavy atom. The van der Waals surface area contributed by atoms with Crippen LogP contribution in [0, 0.1) is 6.92 Å². The molecule has 0 heterocycles. The first-order valence-corrected chi connectivity index (χ1v) is 16.6. The van der Waals surface area contributed by atoms with Crippen LogP contribution in [-0.4, -0.2) is 0 Å². The Hall–Kier alpha value is -5.46. The number of aryl methyl sites for hydroxylation is 1. The molecule has 8 rings (SSSR count). The average molecular weight is 605 g/mol. The zero-order valence-electron chi connectivity index (χ0n) is 27.5.